The minimum atomic E-state index is -5.48. The van der Waals surface area contributed by atoms with Crippen molar-refractivity contribution < 1.29 is 31.2 Å². The summed E-state index contributed by atoms with van der Waals surface area (Å²) in [6.07, 6.45) is 1.15. The summed E-state index contributed by atoms with van der Waals surface area (Å²) in [4.78, 5) is 30.0. The van der Waals surface area contributed by atoms with Gasteiger partial charge in [0, 0.05) is 24.3 Å². The van der Waals surface area contributed by atoms with E-state index in [1.165, 1.54) is 4.90 Å². The predicted molar refractivity (Wildman–Crippen MR) is 106 cm³/mol. The Hall–Kier alpha value is -2.95. The van der Waals surface area contributed by atoms with Gasteiger partial charge in [-0.15, -0.1) is 0 Å². The molecule has 2 heterocycles. The zero-order valence-corrected chi connectivity index (χ0v) is 17.3. The lowest BCUT2D eigenvalue weighted by Gasteiger charge is -2.32. The molecule has 7 nitrogen and oxygen atoms in total. The first-order chi connectivity index (χ1) is 14.5. The number of nitrogens with zero attached hydrogens (tertiary/aromatic N) is 2. The Kier molecular flexibility index (Phi) is 6.35. The monoisotopic (exact) mass is 455 g/mol. The fraction of sp³-hybridized carbons (Fsp3) is 0.350. The summed E-state index contributed by atoms with van der Waals surface area (Å²) < 4.78 is 60.9. The van der Waals surface area contributed by atoms with Gasteiger partial charge in [-0.25, -0.2) is 13.4 Å². The van der Waals surface area contributed by atoms with Crippen LogP contribution >= 0.6 is 0 Å². The highest BCUT2D eigenvalue weighted by molar-refractivity contribution is 7.92. The van der Waals surface area contributed by atoms with Crippen LogP contribution in [0.5, 0.6) is 0 Å². The lowest BCUT2D eigenvalue weighted by atomic mass is 9.96. The number of pyridine rings is 1. The molecular formula is C20H20F3N3O4S. The molecule has 11 heteroatoms. The van der Waals surface area contributed by atoms with Gasteiger partial charge in [0.1, 0.15) is 5.82 Å². The molecule has 0 bridgehead atoms. The summed E-state index contributed by atoms with van der Waals surface area (Å²) in [6.45, 7) is 2.31. The first kappa shape index (κ1) is 22.7. The van der Waals surface area contributed by atoms with E-state index in [4.69, 9.17) is 0 Å². The van der Waals surface area contributed by atoms with Crippen LogP contribution in [-0.2, 0) is 14.6 Å². The van der Waals surface area contributed by atoms with Crippen molar-refractivity contribution in [3.63, 3.8) is 0 Å². The van der Waals surface area contributed by atoms with Crippen LogP contribution in [0, 0.1) is 12.8 Å². The number of halogens is 3. The van der Waals surface area contributed by atoms with Crippen LogP contribution < -0.4 is 5.32 Å². The van der Waals surface area contributed by atoms with Gasteiger partial charge in [0.15, 0.2) is 0 Å². The summed E-state index contributed by atoms with van der Waals surface area (Å²) in [6, 6.07) is 8.82. The van der Waals surface area contributed by atoms with E-state index >= 15 is 0 Å². The quantitative estimate of drug-likeness (QED) is 0.764. The minimum Gasteiger partial charge on any atom is -0.338 e. The number of aromatic nitrogens is 1. The van der Waals surface area contributed by atoms with Crippen LogP contribution in [0.1, 0.15) is 28.9 Å². The van der Waals surface area contributed by atoms with E-state index < -0.39 is 32.1 Å². The third-order valence-electron chi connectivity index (χ3n) is 4.94. The van der Waals surface area contributed by atoms with Crippen molar-refractivity contribution in [3.8, 4) is 0 Å². The van der Waals surface area contributed by atoms with Crippen LogP contribution in [-0.4, -0.2) is 48.7 Å². The van der Waals surface area contributed by atoms with Gasteiger partial charge in [-0.1, -0.05) is 6.07 Å². The van der Waals surface area contributed by atoms with E-state index in [1.807, 2.05) is 0 Å². The maximum absolute atomic E-state index is 12.7. The predicted octanol–water partition coefficient (Wildman–Crippen LogP) is 3.17. The number of sulfone groups is 1. The van der Waals surface area contributed by atoms with Crippen molar-refractivity contribution in [1.82, 2.24) is 9.88 Å². The Morgan fingerprint density at radius 2 is 1.81 bits per heavy atom. The number of hydrogen-bond acceptors (Lipinski definition) is 5. The highest BCUT2D eigenvalue weighted by Gasteiger charge is 2.46. The molecule has 2 amide bonds. The van der Waals surface area contributed by atoms with Gasteiger partial charge in [0.05, 0.1) is 10.8 Å². The fourth-order valence-corrected chi connectivity index (χ4v) is 4.07. The summed E-state index contributed by atoms with van der Waals surface area (Å²) in [7, 11) is -5.48. The number of anilines is 1. The molecule has 3 rings (SSSR count). The molecule has 0 spiro atoms. The molecule has 1 saturated heterocycles. The third kappa shape index (κ3) is 5.04. The second-order valence-electron chi connectivity index (χ2n) is 7.22. The summed E-state index contributed by atoms with van der Waals surface area (Å²) in [5.41, 5.74) is -4.63. The molecule has 1 aromatic carbocycles. The largest absolute Gasteiger partial charge is 0.501 e. The van der Waals surface area contributed by atoms with Gasteiger partial charge in [-0.05, 0) is 56.2 Å². The van der Waals surface area contributed by atoms with Gasteiger partial charge in [0.25, 0.3) is 15.7 Å². The fourth-order valence-electron chi connectivity index (χ4n) is 3.31. The number of rotatable bonds is 4. The first-order valence-corrected chi connectivity index (χ1v) is 10.9. The van der Waals surface area contributed by atoms with Crippen molar-refractivity contribution in [2.45, 2.75) is 30.2 Å². The molecular weight excluding hydrogens is 435 g/mol. The molecule has 0 saturated carbocycles. The van der Waals surface area contributed by atoms with E-state index in [0.29, 0.717) is 25.2 Å². The number of benzene rings is 1. The van der Waals surface area contributed by atoms with Crippen molar-refractivity contribution in [2.75, 3.05) is 18.4 Å². The van der Waals surface area contributed by atoms with Crippen LogP contribution in [0.15, 0.2) is 47.4 Å². The molecule has 2 aromatic rings. The number of carbonyl (C=O) groups excluding carboxylic acids is 2. The van der Waals surface area contributed by atoms with E-state index in [9.17, 15) is 31.2 Å². The average Bonchev–Trinajstić information content (AvgIpc) is 2.72. The molecule has 1 aliphatic heterocycles. The Morgan fingerprint density at radius 1 is 1.13 bits per heavy atom. The maximum Gasteiger partial charge on any atom is 0.501 e. The average molecular weight is 455 g/mol. The van der Waals surface area contributed by atoms with E-state index in [0.717, 1.165) is 30.0 Å². The molecule has 1 aliphatic rings. The first-order valence-electron chi connectivity index (χ1n) is 9.44. The van der Waals surface area contributed by atoms with Gasteiger partial charge >= 0.3 is 5.51 Å². The number of likely N-dealkylation sites (tertiary alicyclic amines) is 1. The minimum absolute atomic E-state index is 0.0440. The molecule has 0 aliphatic carbocycles. The van der Waals surface area contributed by atoms with Gasteiger partial charge < -0.3 is 10.2 Å². The molecule has 1 unspecified atom stereocenters. The number of carbonyl (C=O) groups is 2. The van der Waals surface area contributed by atoms with Crippen LogP contribution in [0.4, 0.5) is 19.0 Å². The molecule has 1 atom stereocenters. The van der Waals surface area contributed by atoms with Crippen LogP contribution in [0.25, 0.3) is 0 Å². The van der Waals surface area contributed by atoms with E-state index in [2.05, 4.69) is 10.3 Å². The second kappa shape index (κ2) is 8.66. The number of alkyl halides is 3. The van der Waals surface area contributed by atoms with Crippen molar-refractivity contribution >= 4 is 27.5 Å². The van der Waals surface area contributed by atoms with Crippen LogP contribution in [0.3, 0.4) is 0 Å². The van der Waals surface area contributed by atoms with Gasteiger partial charge in [-0.3, -0.25) is 9.59 Å². The molecule has 1 N–H and O–H groups in total. The van der Waals surface area contributed by atoms with E-state index in [1.54, 1.807) is 25.1 Å². The topological polar surface area (TPSA) is 96.4 Å². The summed E-state index contributed by atoms with van der Waals surface area (Å²) >= 11 is 0. The standard InChI is InChI=1S/C20H20F3N3O4S/c1-13-4-2-6-17(24-13)25-18(27)15-5-3-11-26(12-15)19(28)14-7-9-16(10-8-14)31(29,30)20(21,22)23/h2,4,6-10,15H,3,5,11-12H2,1H3,(H,24,25,27). The smallest absolute Gasteiger partial charge is 0.338 e. The van der Waals surface area contributed by atoms with Crippen molar-refractivity contribution in [2.24, 2.45) is 5.92 Å². The Labute approximate surface area is 177 Å². The summed E-state index contributed by atoms with van der Waals surface area (Å²) in [5.74, 6) is -0.816. The lowest BCUT2D eigenvalue weighted by Crippen LogP contribution is -2.43. The maximum atomic E-state index is 12.7. The lowest BCUT2D eigenvalue weighted by molar-refractivity contribution is -0.121. The SMILES string of the molecule is Cc1cccc(NC(=O)C2CCCN(C(=O)c3ccc(S(=O)(=O)C(F)(F)F)cc3)C2)n1. The number of piperidine rings is 1. The number of hydrogen-bond donors (Lipinski definition) is 1. The number of nitrogens with one attached hydrogen (secondary N) is 1. The number of aryl methyl sites for hydroxylation is 1. The highest BCUT2D eigenvalue weighted by atomic mass is 32.2. The van der Waals surface area contributed by atoms with Gasteiger partial charge in [-0.2, -0.15) is 13.2 Å². The van der Waals surface area contributed by atoms with Crippen LogP contribution in [0.2, 0.25) is 0 Å². The molecule has 1 fully saturated rings. The Morgan fingerprint density at radius 3 is 2.42 bits per heavy atom. The van der Waals surface area contributed by atoms with Crippen molar-refractivity contribution in [1.29, 1.82) is 0 Å². The zero-order valence-electron chi connectivity index (χ0n) is 16.5. The molecule has 166 valence electrons. The molecule has 31 heavy (non-hydrogen) atoms. The molecule has 0 radical (unpaired) electrons. The van der Waals surface area contributed by atoms with Crippen molar-refractivity contribution in [3.05, 3.63) is 53.7 Å². The van der Waals surface area contributed by atoms with E-state index in [-0.39, 0.29) is 18.0 Å². The Bertz CT molecular complexity index is 1090. The zero-order chi connectivity index (χ0) is 22.8. The second-order valence-corrected chi connectivity index (χ2v) is 9.16. The normalized spacial score (nSPS) is 17.3. The van der Waals surface area contributed by atoms with Gasteiger partial charge in [0.2, 0.25) is 5.91 Å². The highest BCUT2D eigenvalue weighted by Crippen LogP contribution is 2.30. The Balaban J connectivity index is 1.69. The summed E-state index contributed by atoms with van der Waals surface area (Å²) in [5, 5.41) is 2.73. The third-order valence-corrected chi connectivity index (χ3v) is 6.44. The molecule has 1 aromatic heterocycles. The number of amides is 2.